The van der Waals surface area contributed by atoms with Crippen molar-refractivity contribution in [2.75, 3.05) is 27.0 Å². The Hall–Kier alpha value is -1.20. The zero-order valence-corrected chi connectivity index (χ0v) is 14.1. The summed E-state index contributed by atoms with van der Waals surface area (Å²) in [5, 5.41) is 3.06. The minimum atomic E-state index is -0.584. The van der Waals surface area contributed by atoms with Crippen molar-refractivity contribution in [1.29, 1.82) is 0 Å². The van der Waals surface area contributed by atoms with Gasteiger partial charge in [-0.3, -0.25) is 4.79 Å². The number of nitrogens with one attached hydrogen (secondary N) is 1. The van der Waals surface area contributed by atoms with Crippen LogP contribution in [0.2, 0.25) is 0 Å². The first-order valence-corrected chi connectivity index (χ1v) is 8.08. The Morgan fingerprint density at radius 3 is 2.43 bits per heavy atom. The van der Waals surface area contributed by atoms with Crippen LogP contribution in [0.4, 0.5) is 0 Å². The molecule has 0 aliphatic heterocycles. The number of likely N-dealkylation sites (N-methyl/N-ethyl adjacent to an activating group) is 1. The molecule has 0 heterocycles. The third-order valence-electron chi connectivity index (χ3n) is 3.59. The molecule has 0 spiro atoms. The van der Waals surface area contributed by atoms with E-state index in [-0.39, 0.29) is 5.97 Å². The summed E-state index contributed by atoms with van der Waals surface area (Å²) < 4.78 is 9.97. The average Bonchev–Trinajstić information content (AvgIpc) is 2.54. The lowest BCUT2D eigenvalue weighted by atomic mass is 9.95. The standard InChI is InChI=1S/C16H25NO3S/c1-16(17-2,15(18)20-4)11-5-6-12-21-14-9-7-13(19-3)8-10-14/h7-10,17H,5-6,11-12H2,1-4H3. The summed E-state index contributed by atoms with van der Waals surface area (Å²) in [6.07, 6.45) is 2.82. The van der Waals surface area contributed by atoms with Gasteiger partial charge in [-0.2, -0.15) is 0 Å². The van der Waals surface area contributed by atoms with Crippen LogP contribution in [0.5, 0.6) is 5.75 Å². The van der Waals surface area contributed by atoms with E-state index in [0.29, 0.717) is 0 Å². The van der Waals surface area contributed by atoms with Gasteiger partial charge >= 0.3 is 5.97 Å². The van der Waals surface area contributed by atoms with Gasteiger partial charge in [-0.1, -0.05) is 6.42 Å². The predicted octanol–water partition coefficient (Wildman–Crippen LogP) is 3.11. The molecular weight excluding hydrogens is 286 g/mol. The van der Waals surface area contributed by atoms with Crippen molar-refractivity contribution in [1.82, 2.24) is 5.32 Å². The Bertz CT molecular complexity index is 436. The van der Waals surface area contributed by atoms with E-state index in [1.807, 2.05) is 30.8 Å². The number of ether oxygens (including phenoxy) is 2. The summed E-state index contributed by atoms with van der Waals surface area (Å²) in [5.41, 5.74) is -0.584. The molecule has 5 heteroatoms. The number of rotatable bonds is 9. The number of benzene rings is 1. The van der Waals surface area contributed by atoms with E-state index in [2.05, 4.69) is 17.4 Å². The monoisotopic (exact) mass is 311 g/mol. The van der Waals surface area contributed by atoms with Crippen LogP contribution < -0.4 is 10.1 Å². The highest BCUT2D eigenvalue weighted by Gasteiger charge is 2.31. The number of esters is 1. The van der Waals surface area contributed by atoms with Crippen LogP contribution in [-0.4, -0.2) is 38.5 Å². The molecule has 0 saturated carbocycles. The van der Waals surface area contributed by atoms with Crippen LogP contribution in [-0.2, 0) is 9.53 Å². The van der Waals surface area contributed by atoms with Gasteiger partial charge in [0.15, 0.2) is 0 Å². The summed E-state index contributed by atoms with van der Waals surface area (Å²) in [7, 11) is 4.89. The van der Waals surface area contributed by atoms with Crippen molar-refractivity contribution in [2.45, 2.75) is 36.6 Å². The van der Waals surface area contributed by atoms with E-state index < -0.39 is 5.54 Å². The number of carbonyl (C=O) groups is 1. The molecule has 0 radical (unpaired) electrons. The van der Waals surface area contributed by atoms with Gasteiger partial charge in [-0.15, -0.1) is 11.8 Å². The highest BCUT2D eigenvalue weighted by molar-refractivity contribution is 7.99. The predicted molar refractivity (Wildman–Crippen MR) is 87.0 cm³/mol. The number of unbranched alkanes of at least 4 members (excludes halogenated alkanes) is 1. The summed E-state index contributed by atoms with van der Waals surface area (Å²) >= 11 is 1.82. The molecule has 0 saturated heterocycles. The average molecular weight is 311 g/mol. The molecule has 21 heavy (non-hydrogen) atoms. The van der Waals surface area contributed by atoms with Gasteiger partial charge in [0.05, 0.1) is 14.2 Å². The maximum atomic E-state index is 11.7. The van der Waals surface area contributed by atoms with Gasteiger partial charge in [0.1, 0.15) is 11.3 Å². The molecule has 1 rings (SSSR count). The van der Waals surface area contributed by atoms with Crippen LogP contribution in [0, 0.1) is 0 Å². The zero-order valence-electron chi connectivity index (χ0n) is 13.3. The van der Waals surface area contributed by atoms with Gasteiger partial charge in [0, 0.05) is 4.90 Å². The fourth-order valence-electron chi connectivity index (χ4n) is 2.00. The van der Waals surface area contributed by atoms with Crippen LogP contribution in [0.15, 0.2) is 29.2 Å². The zero-order chi connectivity index (χ0) is 15.7. The summed E-state index contributed by atoms with van der Waals surface area (Å²) in [4.78, 5) is 12.9. The van der Waals surface area contributed by atoms with Crippen molar-refractivity contribution in [3.05, 3.63) is 24.3 Å². The Morgan fingerprint density at radius 1 is 1.24 bits per heavy atom. The second-order valence-electron chi connectivity index (χ2n) is 5.05. The molecule has 1 unspecified atom stereocenters. The molecule has 1 N–H and O–H groups in total. The van der Waals surface area contributed by atoms with E-state index in [1.54, 1.807) is 14.2 Å². The largest absolute Gasteiger partial charge is 0.497 e. The molecular formula is C16H25NO3S. The number of hydrogen-bond donors (Lipinski definition) is 1. The molecule has 0 bridgehead atoms. The number of hydrogen-bond acceptors (Lipinski definition) is 5. The van der Waals surface area contributed by atoms with E-state index in [4.69, 9.17) is 9.47 Å². The minimum absolute atomic E-state index is 0.201. The van der Waals surface area contributed by atoms with E-state index in [0.717, 1.165) is 30.8 Å². The molecule has 0 fully saturated rings. The van der Waals surface area contributed by atoms with E-state index in [9.17, 15) is 4.79 Å². The first-order valence-electron chi connectivity index (χ1n) is 7.10. The lowest BCUT2D eigenvalue weighted by Gasteiger charge is -2.25. The molecule has 1 atom stereocenters. The summed E-state index contributed by atoms with van der Waals surface area (Å²) in [5.74, 6) is 1.71. The first kappa shape index (κ1) is 17.9. The molecule has 0 aliphatic rings. The molecule has 0 aliphatic carbocycles. The summed E-state index contributed by atoms with van der Waals surface area (Å²) in [6, 6.07) is 8.07. The van der Waals surface area contributed by atoms with Gasteiger partial charge in [-0.25, -0.2) is 0 Å². The minimum Gasteiger partial charge on any atom is -0.497 e. The number of carbonyl (C=O) groups excluding carboxylic acids is 1. The van der Waals surface area contributed by atoms with Gasteiger partial charge in [0.2, 0.25) is 0 Å². The second kappa shape index (κ2) is 8.95. The van der Waals surface area contributed by atoms with Gasteiger partial charge in [0.25, 0.3) is 0 Å². The number of methoxy groups -OCH3 is 2. The third-order valence-corrected chi connectivity index (χ3v) is 4.69. The molecule has 1 aromatic rings. The maximum Gasteiger partial charge on any atom is 0.325 e. The smallest absolute Gasteiger partial charge is 0.325 e. The van der Waals surface area contributed by atoms with Crippen molar-refractivity contribution < 1.29 is 14.3 Å². The van der Waals surface area contributed by atoms with E-state index in [1.165, 1.54) is 12.0 Å². The summed E-state index contributed by atoms with van der Waals surface area (Å²) in [6.45, 7) is 1.88. The molecule has 0 amide bonds. The highest BCUT2D eigenvalue weighted by atomic mass is 32.2. The van der Waals surface area contributed by atoms with Crippen molar-refractivity contribution in [3.8, 4) is 5.75 Å². The lowest BCUT2D eigenvalue weighted by molar-refractivity contribution is -0.148. The van der Waals surface area contributed by atoms with Gasteiger partial charge in [-0.05, 0) is 56.8 Å². The molecule has 118 valence electrons. The van der Waals surface area contributed by atoms with Crippen molar-refractivity contribution in [3.63, 3.8) is 0 Å². The maximum absolute atomic E-state index is 11.7. The van der Waals surface area contributed by atoms with E-state index >= 15 is 0 Å². The SMILES string of the molecule is CNC(C)(CCCCSc1ccc(OC)cc1)C(=O)OC. The van der Waals surface area contributed by atoms with Crippen LogP contribution >= 0.6 is 11.8 Å². The fourth-order valence-corrected chi connectivity index (χ4v) is 2.91. The first-order chi connectivity index (χ1) is 10.1. The Kier molecular flexibility index (Phi) is 7.61. The second-order valence-corrected chi connectivity index (χ2v) is 6.22. The Labute approximate surface area is 131 Å². The topological polar surface area (TPSA) is 47.6 Å². The van der Waals surface area contributed by atoms with Crippen LogP contribution in [0.3, 0.4) is 0 Å². The van der Waals surface area contributed by atoms with Gasteiger partial charge < -0.3 is 14.8 Å². The molecule has 0 aromatic heterocycles. The molecule has 1 aromatic carbocycles. The highest BCUT2D eigenvalue weighted by Crippen LogP contribution is 2.23. The third kappa shape index (κ3) is 5.59. The molecule has 4 nitrogen and oxygen atoms in total. The fraction of sp³-hybridized carbons (Fsp3) is 0.562. The van der Waals surface area contributed by atoms with Crippen molar-refractivity contribution >= 4 is 17.7 Å². The van der Waals surface area contributed by atoms with Crippen molar-refractivity contribution in [2.24, 2.45) is 0 Å². The van der Waals surface area contributed by atoms with Crippen LogP contribution in [0.1, 0.15) is 26.2 Å². The lowest BCUT2D eigenvalue weighted by Crippen LogP contribution is -2.48. The Balaban J connectivity index is 2.28. The normalized spacial score (nSPS) is 13.5. The number of thioether (sulfide) groups is 1. The van der Waals surface area contributed by atoms with Crippen LogP contribution in [0.25, 0.3) is 0 Å². The quantitative estimate of drug-likeness (QED) is 0.431. The Morgan fingerprint density at radius 2 is 1.90 bits per heavy atom.